The topological polar surface area (TPSA) is 39.9 Å². The molecule has 0 radical (unpaired) electrons. The first-order chi connectivity index (χ1) is 13.7. The molecule has 0 saturated carbocycles. The summed E-state index contributed by atoms with van der Waals surface area (Å²) in [6.07, 6.45) is 10.6. The van der Waals surface area contributed by atoms with Gasteiger partial charge in [0, 0.05) is 17.6 Å². The van der Waals surface area contributed by atoms with E-state index < -0.39 is 0 Å². The van der Waals surface area contributed by atoms with E-state index >= 15 is 0 Å². The Bertz CT molecular complexity index is 945. The van der Waals surface area contributed by atoms with Gasteiger partial charge in [0.05, 0.1) is 6.20 Å². The van der Waals surface area contributed by atoms with Crippen LogP contribution in [0.4, 0.5) is 4.39 Å². The molecular formula is C23H28FN3O. The fraction of sp³-hybridized carbons (Fsp3) is 0.391. The van der Waals surface area contributed by atoms with Gasteiger partial charge in [0.1, 0.15) is 17.9 Å². The molecule has 28 heavy (non-hydrogen) atoms. The molecule has 0 unspecified atom stereocenters. The van der Waals surface area contributed by atoms with E-state index in [1.54, 1.807) is 12.1 Å². The van der Waals surface area contributed by atoms with Crippen LogP contribution in [-0.4, -0.2) is 14.8 Å². The summed E-state index contributed by atoms with van der Waals surface area (Å²) >= 11 is 0. The maximum atomic E-state index is 13.1. The Labute approximate surface area is 166 Å². The maximum absolute atomic E-state index is 13.1. The van der Waals surface area contributed by atoms with Gasteiger partial charge >= 0.3 is 0 Å². The van der Waals surface area contributed by atoms with Gasteiger partial charge in [-0.15, -0.1) is 5.10 Å². The van der Waals surface area contributed by atoms with Crippen molar-refractivity contribution >= 4 is 10.9 Å². The number of unbranched alkanes of at least 4 members (excludes halogenated alkanes) is 2. The predicted molar refractivity (Wildman–Crippen MR) is 111 cm³/mol. The molecule has 2 aromatic heterocycles. The molecule has 0 aliphatic heterocycles. The van der Waals surface area contributed by atoms with Crippen LogP contribution < -0.4 is 4.74 Å². The lowest BCUT2D eigenvalue weighted by molar-refractivity contribution is 0.293. The predicted octanol–water partition coefficient (Wildman–Crippen LogP) is 5.77. The standard InChI is InChI=1S/C23H28FN3O/c1-4-6-8-9-20-17(3)27(14-7-5-2)22-21(20)15-25-26-23(22)28-16-18-10-12-19(24)13-11-18/h5,7,10-13,15H,4,6,8-9,14,16H2,1-3H3. The fourth-order valence-corrected chi connectivity index (χ4v) is 3.51. The van der Waals surface area contributed by atoms with Crippen LogP contribution in [0.1, 0.15) is 49.9 Å². The monoisotopic (exact) mass is 381 g/mol. The van der Waals surface area contributed by atoms with Crippen molar-refractivity contribution in [2.24, 2.45) is 0 Å². The zero-order valence-electron chi connectivity index (χ0n) is 16.9. The highest BCUT2D eigenvalue weighted by Crippen LogP contribution is 2.32. The van der Waals surface area contributed by atoms with E-state index in [0.717, 1.165) is 35.9 Å². The minimum absolute atomic E-state index is 0.252. The molecule has 3 aromatic rings. The summed E-state index contributed by atoms with van der Waals surface area (Å²) in [5.41, 5.74) is 4.45. The average molecular weight is 381 g/mol. The summed E-state index contributed by atoms with van der Waals surface area (Å²) in [5.74, 6) is 0.273. The van der Waals surface area contributed by atoms with Crippen molar-refractivity contribution in [3.63, 3.8) is 0 Å². The number of allylic oxidation sites excluding steroid dienone is 2. The Kier molecular flexibility index (Phi) is 6.80. The first kappa shape index (κ1) is 20.1. The molecule has 0 saturated heterocycles. The van der Waals surface area contributed by atoms with Gasteiger partial charge in [0.25, 0.3) is 5.88 Å². The second-order valence-corrected chi connectivity index (χ2v) is 7.03. The molecule has 1 aromatic carbocycles. The highest BCUT2D eigenvalue weighted by atomic mass is 19.1. The number of hydrogen-bond donors (Lipinski definition) is 0. The van der Waals surface area contributed by atoms with Crippen molar-refractivity contribution in [1.29, 1.82) is 0 Å². The summed E-state index contributed by atoms with van der Waals surface area (Å²) in [7, 11) is 0. The van der Waals surface area contributed by atoms with Crippen LogP contribution in [0.2, 0.25) is 0 Å². The molecule has 148 valence electrons. The Morgan fingerprint density at radius 1 is 1.18 bits per heavy atom. The molecule has 3 rings (SSSR count). The summed E-state index contributed by atoms with van der Waals surface area (Å²) in [4.78, 5) is 0. The largest absolute Gasteiger partial charge is 0.470 e. The smallest absolute Gasteiger partial charge is 0.258 e. The minimum atomic E-state index is -0.252. The molecular weight excluding hydrogens is 353 g/mol. The minimum Gasteiger partial charge on any atom is -0.470 e. The number of hydrogen-bond acceptors (Lipinski definition) is 3. The second-order valence-electron chi connectivity index (χ2n) is 7.03. The van der Waals surface area contributed by atoms with Crippen molar-refractivity contribution in [2.75, 3.05) is 0 Å². The molecule has 0 aliphatic carbocycles. The van der Waals surface area contributed by atoms with Crippen molar-refractivity contribution in [3.05, 3.63) is 65.3 Å². The zero-order valence-corrected chi connectivity index (χ0v) is 16.9. The molecule has 2 heterocycles. The molecule has 4 nitrogen and oxygen atoms in total. The van der Waals surface area contributed by atoms with Crippen molar-refractivity contribution in [1.82, 2.24) is 14.8 Å². The van der Waals surface area contributed by atoms with Gasteiger partial charge in [0.2, 0.25) is 0 Å². The Hall–Kier alpha value is -2.69. The third kappa shape index (κ3) is 4.41. The van der Waals surface area contributed by atoms with Gasteiger partial charge in [-0.25, -0.2) is 4.39 Å². The highest BCUT2D eigenvalue weighted by Gasteiger charge is 2.18. The normalized spacial score (nSPS) is 11.6. The molecule has 0 aliphatic rings. The fourth-order valence-electron chi connectivity index (χ4n) is 3.51. The summed E-state index contributed by atoms with van der Waals surface area (Å²) < 4.78 is 21.4. The van der Waals surface area contributed by atoms with E-state index in [4.69, 9.17) is 4.74 Å². The van der Waals surface area contributed by atoms with E-state index in [-0.39, 0.29) is 5.82 Å². The first-order valence-corrected chi connectivity index (χ1v) is 9.97. The van der Waals surface area contributed by atoms with Gasteiger partial charge in [0.15, 0.2) is 0 Å². The van der Waals surface area contributed by atoms with E-state index in [1.165, 1.54) is 36.2 Å². The molecule has 0 fully saturated rings. The van der Waals surface area contributed by atoms with Gasteiger partial charge in [-0.1, -0.05) is 44.1 Å². The average Bonchev–Trinajstić information content (AvgIpc) is 2.98. The van der Waals surface area contributed by atoms with Crippen LogP contribution in [0.3, 0.4) is 0 Å². The third-order valence-corrected chi connectivity index (χ3v) is 5.07. The number of nitrogens with zero attached hydrogens (tertiary/aromatic N) is 3. The number of rotatable bonds is 9. The number of fused-ring (bicyclic) bond motifs is 1. The van der Waals surface area contributed by atoms with Crippen LogP contribution in [0.5, 0.6) is 5.88 Å². The Morgan fingerprint density at radius 3 is 2.68 bits per heavy atom. The SMILES string of the molecule is CC=CCn1c(C)c(CCCCC)c2cnnc(OCc3ccc(F)cc3)c21. The quantitative estimate of drug-likeness (QED) is 0.349. The van der Waals surface area contributed by atoms with E-state index in [2.05, 4.69) is 40.8 Å². The lowest BCUT2D eigenvalue weighted by Crippen LogP contribution is -2.03. The van der Waals surface area contributed by atoms with Gasteiger partial charge in [-0.05, 0) is 49.9 Å². The molecule has 0 amide bonds. The summed E-state index contributed by atoms with van der Waals surface area (Å²) in [5, 5.41) is 9.58. The number of aromatic nitrogens is 3. The first-order valence-electron chi connectivity index (χ1n) is 9.97. The second kappa shape index (κ2) is 9.49. The number of halogens is 1. The van der Waals surface area contributed by atoms with Crippen molar-refractivity contribution < 1.29 is 9.13 Å². The van der Waals surface area contributed by atoms with Crippen LogP contribution >= 0.6 is 0 Å². The Balaban J connectivity index is 1.97. The van der Waals surface area contributed by atoms with Gasteiger partial charge in [-0.3, -0.25) is 0 Å². The van der Waals surface area contributed by atoms with Crippen LogP contribution in [0.15, 0.2) is 42.6 Å². The van der Waals surface area contributed by atoms with Crippen molar-refractivity contribution in [2.45, 2.75) is 59.6 Å². The number of aryl methyl sites for hydroxylation is 1. The lowest BCUT2D eigenvalue weighted by atomic mass is 10.1. The van der Waals surface area contributed by atoms with Gasteiger partial charge < -0.3 is 9.30 Å². The summed E-state index contributed by atoms with van der Waals surface area (Å²) in [6.45, 7) is 7.50. The van der Waals surface area contributed by atoms with E-state index in [0.29, 0.717) is 12.5 Å². The van der Waals surface area contributed by atoms with E-state index in [9.17, 15) is 4.39 Å². The van der Waals surface area contributed by atoms with Crippen LogP contribution in [0.25, 0.3) is 10.9 Å². The maximum Gasteiger partial charge on any atom is 0.258 e. The number of benzene rings is 1. The number of ether oxygens (including phenoxy) is 1. The zero-order chi connectivity index (χ0) is 19.9. The van der Waals surface area contributed by atoms with Crippen LogP contribution in [0, 0.1) is 12.7 Å². The van der Waals surface area contributed by atoms with Crippen molar-refractivity contribution in [3.8, 4) is 5.88 Å². The Morgan fingerprint density at radius 2 is 1.96 bits per heavy atom. The van der Waals surface area contributed by atoms with E-state index in [1.807, 2.05) is 13.1 Å². The molecule has 0 spiro atoms. The molecule has 5 heteroatoms. The molecule has 0 atom stereocenters. The lowest BCUT2D eigenvalue weighted by Gasteiger charge is -2.10. The molecule has 0 N–H and O–H groups in total. The molecule has 0 bridgehead atoms. The highest BCUT2D eigenvalue weighted by molar-refractivity contribution is 5.88. The summed E-state index contributed by atoms with van der Waals surface area (Å²) in [6, 6.07) is 6.33. The van der Waals surface area contributed by atoms with Gasteiger partial charge in [-0.2, -0.15) is 5.10 Å². The van der Waals surface area contributed by atoms with Crippen LogP contribution in [-0.2, 0) is 19.6 Å². The third-order valence-electron chi connectivity index (χ3n) is 5.07.